The van der Waals surface area contributed by atoms with E-state index in [1.165, 1.54) is 0 Å². The quantitative estimate of drug-likeness (QED) is 0.935. The first kappa shape index (κ1) is 13.9. The lowest BCUT2D eigenvalue weighted by Crippen LogP contribution is -2.25. The standard InChI is InChI=1S/C13H17BrN4O/c1-4-11-9(7-18(3)16-11)6-15-13(19)12-5-10(14)8-17(12)2/h5,7-8H,4,6H2,1-3H3,(H,15,19). The van der Waals surface area contributed by atoms with E-state index in [2.05, 4.69) is 33.3 Å². The zero-order valence-corrected chi connectivity index (χ0v) is 12.9. The molecule has 2 aromatic heterocycles. The highest BCUT2D eigenvalue weighted by Crippen LogP contribution is 2.14. The fourth-order valence-electron chi connectivity index (χ4n) is 2.04. The van der Waals surface area contributed by atoms with Gasteiger partial charge in [0, 0.05) is 43.1 Å². The smallest absolute Gasteiger partial charge is 0.268 e. The zero-order valence-electron chi connectivity index (χ0n) is 11.3. The van der Waals surface area contributed by atoms with E-state index in [9.17, 15) is 4.79 Å². The van der Waals surface area contributed by atoms with Crippen LogP contribution in [0.25, 0.3) is 0 Å². The normalized spacial score (nSPS) is 10.7. The molecule has 2 aromatic rings. The number of aryl methyl sites for hydroxylation is 3. The maximum atomic E-state index is 12.1. The largest absolute Gasteiger partial charge is 0.347 e. The predicted molar refractivity (Wildman–Crippen MR) is 76.9 cm³/mol. The van der Waals surface area contributed by atoms with Crippen LogP contribution in [0.15, 0.2) is 22.9 Å². The van der Waals surface area contributed by atoms with Gasteiger partial charge in [0.2, 0.25) is 0 Å². The highest BCUT2D eigenvalue weighted by Gasteiger charge is 2.12. The molecule has 19 heavy (non-hydrogen) atoms. The molecule has 5 nitrogen and oxygen atoms in total. The number of rotatable bonds is 4. The van der Waals surface area contributed by atoms with Crippen molar-refractivity contribution in [3.05, 3.63) is 39.9 Å². The van der Waals surface area contributed by atoms with Gasteiger partial charge in [0.15, 0.2) is 0 Å². The molecule has 0 aliphatic rings. The molecular weight excluding hydrogens is 308 g/mol. The third-order valence-electron chi connectivity index (χ3n) is 2.97. The lowest BCUT2D eigenvalue weighted by molar-refractivity contribution is 0.0942. The molecular formula is C13H17BrN4O. The molecule has 0 aromatic carbocycles. The van der Waals surface area contributed by atoms with E-state index < -0.39 is 0 Å². The number of carbonyl (C=O) groups excluding carboxylic acids is 1. The lowest BCUT2D eigenvalue weighted by Gasteiger charge is -2.05. The number of hydrogen-bond donors (Lipinski definition) is 1. The van der Waals surface area contributed by atoms with Crippen LogP contribution < -0.4 is 5.32 Å². The van der Waals surface area contributed by atoms with Gasteiger partial charge in [-0.3, -0.25) is 9.48 Å². The average molecular weight is 325 g/mol. The van der Waals surface area contributed by atoms with Gasteiger partial charge in [-0.2, -0.15) is 5.10 Å². The molecule has 0 unspecified atom stereocenters. The summed E-state index contributed by atoms with van der Waals surface area (Å²) in [7, 11) is 3.74. The van der Waals surface area contributed by atoms with Crippen molar-refractivity contribution in [2.45, 2.75) is 19.9 Å². The van der Waals surface area contributed by atoms with E-state index in [1.807, 2.05) is 26.5 Å². The second-order valence-corrected chi connectivity index (χ2v) is 5.38. The second-order valence-electron chi connectivity index (χ2n) is 4.47. The lowest BCUT2D eigenvalue weighted by atomic mass is 10.2. The van der Waals surface area contributed by atoms with E-state index in [0.717, 1.165) is 22.2 Å². The summed E-state index contributed by atoms with van der Waals surface area (Å²) >= 11 is 3.36. The maximum Gasteiger partial charge on any atom is 0.268 e. The monoisotopic (exact) mass is 324 g/mol. The van der Waals surface area contributed by atoms with Crippen LogP contribution in [0.2, 0.25) is 0 Å². The molecule has 6 heteroatoms. The molecule has 0 aliphatic carbocycles. The summed E-state index contributed by atoms with van der Waals surface area (Å²) < 4.78 is 4.47. The summed E-state index contributed by atoms with van der Waals surface area (Å²) in [5.74, 6) is -0.0842. The van der Waals surface area contributed by atoms with Crippen molar-refractivity contribution in [3.8, 4) is 0 Å². The van der Waals surface area contributed by atoms with Gasteiger partial charge in [0.05, 0.1) is 5.69 Å². The van der Waals surface area contributed by atoms with Crippen LogP contribution in [-0.2, 0) is 27.1 Å². The Morgan fingerprint density at radius 2 is 2.16 bits per heavy atom. The van der Waals surface area contributed by atoms with Crippen LogP contribution in [0.5, 0.6) is 0 Å². The van der Waals surface area contributed by atoms with Crippen LogP contribution in [0.4, 0.5) is 0 Å². The number of carbonyl (C=O) groups is 1. The molecule has 102 valence electrons. The molecule has 2 rings (SSSR count). The Hall–Kier alpha value is -1.56. The summed E-state index contributed by atoms with van der Waals surface area (Å²) in [4.78, 5) is 12.1. The fraction of sp³-hybridized carbons (Fsp3) is 0.385. The highest BCUT2D eigenvalue weighted by atomic mass is 79.9. The van der Waals surface area contributed by atoms with Crippen molar-refractivity contribution in [1.82, 2.24) is 19.7 Å². The predicted octanol–water partition coefficient (Wildman–Crippen LogP) is 2.01. The number of aromatic nitrogens is 3. The van der Waals surface area contributed by atoms with Crippen LogP contribution in [0, 0.1) is 0 Å². The molecule has 0 aliphatic heterocycles. The van der Waals surface area contributed by atoms with Gasteiger partial charge in [0.25, 0.3) is 5.91 Å². The van der Waals surface area contributed by atoms with Crippen molar-refractivity contribution in [2.24, 2.45) is 14.1 Å². The summed E-state index contributed by atoms with van der Waals surface area (Å²) in [6.07, 6.45) is 4.66. The van der Waals surface area contributed by atoms with Gasteiger partial charge in [-0.05, 0) is 28.4 Å². The van der Waals surface area contributed by atoms with E-state index in [0.29, 0.717) is 12.2 Å². The van der Waals surface area contributed by atoms with Gasteiger partial charge in [-0.1, -0.05) is 6.92 Å². The second kappa shape index (κ2) is 5.61. The number of halogens is 1. The van der Waals surface area contributed by atoms with Crippen molar-refractivity contribution in [3.63, 3.8) is 0 Å². The van der Waals surface area contributed by atoms with E-state index in [4.69, 9.17) is 0 Å². The first-order valence-electron chi connectivity index (χ1n) is 6.12. The molecule has 1 amide bonds. The molecule has 2 heterocycles. The summed E-state index contributed by atoms with van der Waals surface area (Å²) in [5, 5.41) is 7.28. The number of hydrogen-bond acceptors (Lipinski definition) is 2. The molecule has 0 atom stereocenters. The summed E-state index contributed by atoms with van der Waals surface area (Å²) in [5.41, 5.74) is 2.72. The average Bonchev–Trinajstić information content (AvgIpc) is 2.88. The van der Waals surface area contributed by atoms with Gasteiger partial charge >= 0.3 is 0 Å². The Morgan fingerprint density at radius 3 is 2.74 bits per heavy atom. The first-order chi connectivity index (χ1) is 9.01. The van der Waals surface area contributed by atoms with Crippen LogP contribution in [0.1, 0.15) is 28.7 Å². The van der Waals surface area contributed by atoms with Crippen molar-refractivity contribution >= 4 is 21.8 Å². The highest BCUT2D eigenvalue weighted by molar-refractivity contribution is 9.10. The SMILES string of the molecule is CCc1nn(C)cc1CNC(=O)c1cc(Br)cn1C. The number of amides is 1. The van der Waals surface area contributed by atoms with Crippen LogP contribution in [0.3, 0.4) is 0 Å². The third kappa shape index (κ3) is 3.07. The van der Waals surface area contributed by atoms with Gasteiger partial charge < -0.3 is 9.88 Å². The summed E-state index contributed by atoms with van der Waals surface area (Å²) in [6.45, 7) is 2.56. The molecule has 0 bridgehead atoms. The Balaban J connectivity index is 2.06. The van der Waals surface area contributed by atoms with Crippen molar-refractivity contribution in [1.29, 1.82) is 0 Å². The minimum absolute atomic E-state index is 0.0842. The fourth-order valence-corrected chi connectivity index (χ4v) is 2.57. The van der Waals surface area contributed by atoms with Crippen LogP contribution >= 0.6 is 15.9 Å². The van der Waals surface area contributed by atoms with E-state index >= 15 is 0 Å². The number of nitrogens with one attached hydrogen (secondary N) is 1. The van der Waals surface area contributed by atoms with Crippen LogP contribution in [-0.4, -0.2) is 20.3 Å². The minimum atomic E-state index is -0.0842. The Morgan fingerprint density at radius 1 is 1.42 bits per heavy atom. The first-order valence-corrected chi connectivity index (χ1v) is 6.92. The van der Waals surface area contributed by atoms with Gasteiger partial charge in [0.1, 0.15) is 5.69 Å². The Labute approximate surface area is 120 Å². The van der Waals surface area contributed by atoms with E-state index in [1.54, 1.807) is 15.3 Å². The van der Waals surface area contributed by atoms with E-state index in [-0.39, 0.29) is 5.91 Å². The number of nitrogens with zero attached hydrogens (tertiary/aromatic N) is 3. The minimum Gasteiger partial charge on any atom is -0.347 e. The molecule has 0 saturated carbocycles. The zero-order chi connectivity index (χ0) is 14.0. The van der Waals surface area contributed by atoms with Gasteiger partial charge in [-0.25, -0.2) is 0 Å². The maximum absolute atomic E-state index is 12.1. The summed E-state index contributed by atoms with van der Waals surface area (Å²) in [6, 6.07) is 1.80. The molecule has 1 N–H and O–H groups in total. The molecule has 0 radical (unpaired) electrons. The molecule has 0 saturated heterocycles. The van der Waals surface area contributed by atoms with Crippen molar-refractivity contribution in [2.75, 3.05) is 0 Å². The van der Waals surface area contributed by atoms with Crippen molar-refractivity contribution < 1.29 is 4.79 Å². The third-order valence-corrected chi connectivity index (χ3v) is 3.40. The molecule has 0 spiro atoms. The Kier molecular flexibility index (Phi) is 4.09. The topological polar surface area (TPSA) is 51.9 Å². The molecule has 0 fully saturated rings. The Bertz CT molecular complexity index is 600. The van der Waals surface area contributed by atoms with Gasteiger partial charge in [-0.15, -0.1) is 0 Å².